The number of nitrogens with zero attached hydrogens (tertiary/aromatic N) is 2. The van der Waals surface area contributed by atoms with Gasteiger partial charge in [-0.3, -0.25) is 24.6 Å². The fourth-order valence-electron chi connectivity index (χ4n) is 3.58. The minimum absolute atomic E-state index is 0.131. The van der Waals surface area contributed by atoms with Crippen LogP contribution in [0, 0.1) is 10.1 Å². The van der Waals surface area contributed by atoms with Crippen LogP contribution in [0.3, 0.4) is 0 Å². The zero-order valence-electron chi connectivity index (χ0n) is 19.7. The highest BCUT2D eigenvalue weighted by Crippen LogP contribution is 2.40. The summed E-state index contributed by atoms with van der Waals surface area (Å²) in [6.07, 6.45) is 1.50. The van der Waals surface area contributed by atoms with E-state index in [0.29, 0.717) is 15.1 Å². The summed E-state index contributed by atoms with van der Waals surface area (Å²) in [7, 11) is 0. The predicted molar refractivity (Wildman–Crippen MR) is 146 cm³/mol. The fraction of sp³-hybridized carbons (Fsp3) is 0.115. The van der Waals surface area contributed by atoms with E-state index in [9.17, 15) is 24.5 Å². The lowest BCUT2D eigenvalue weighted by Crippen LogP contribution is -2.27. The molecule has 194 valence electrons. The number of rotatable bonds is 8. The number of ether oxygens (including phenoxy) is 2. The van der Waals surface area contributed by atoms with E-state index in [0.717, 1.165) is 16.7 Å². The third-order valence-corrected chi connectivity index (χ3v) is 7.01. The maximum Gasteiger partial charge on any atom is 0.343 e. The summed E-state index contributed by atoms with van der Waals surface area (Å²) in [5.41, 5.74) is 0.819. The molecule has 0 N–H and O–H groups in total. The van der Waals surface area contributed by atoms with E-state index in [-0.39, 0.29) is 46.4 Å². The van der Waals surface area contributed by atoms with Gasteiger partial charge in [-0.1, -0.05) is 35.9 Å². The summed E-state index contributed by atoms with van der Waals surface area (Å²) in [5.74, 6) is -0.845. The van der Waals surface area contributed by atoms with Crippen molar-refractivity contribution in [2.45, 2.75) is 13.5 Å². The first kappa shape index (κ1) is 27.4. The molecule has 3 aromatic rings. The van der Waals surface area contributed by atoms with Gasteiger partial charge in [0.15, 0.2) is 11.5 Å². The lowest BCUT2D eigenvalue weighted by Gasteiger charge is -2.14. The second-order valence-corrected chi connectivity index (χ2v) is 10.1. The second kappa shape index (κ2) is 11.8. The average Bonchev–Trinajstić information content (AvgIpc) is 3.13. The maximum absolute atomic E-state index is 13.0. The molecular weight excluding hydrogens is 600 g/mol. The van der Waals surface area contributed by atoms with Crippen molar-refractivity contribution in [1.29, 1.82) is 0 Å². The highest BCUT2D eigenvalue weighted by Gasteiger charge is 2.36. The number of nitro groups is 1. The van der Waals surface area contributed by atoms with Gasteiger partial charge in [-0.25, -0.2) is 4.79 Å². The van der Waals surface area contributed by atoms with Crippen molar-refractivity contribution in [3.8, 4) is 11.5 Å². The lowest BCUT2D eigenvalue weighted by molar-refractivity contribution is -0.385. The van der Waals surface area contributed by atoms with Crippen molar-refractivity contribution in [3.63, 3.8) is 0 Å². The molecule has 0 bridgehead atoms. The molecule has 0 radical (unpaired) electrons. The summed E-state index contributed by atoms with van der Waals surface area (Å²) in [6.45, 7) is 1.80. The normalized spacial score (nSPS) is 14.2. The van der Waals surface area contributed by atoms with Crippen molar-refractivity contribution < 1.29 is 28.8 Å². The van der Waals surface area contributed by atoms with Crippen LogP contribution in [-0.2, 0) is 11.3 Å². The summed E-state index contributed by atoms with van der Waals surface area (Å²) >= 11 is 10.1. The van der Waals surface area contributed by atoms with Crippen LogP contribution in [0.15, 0.2) is 70.0 Å². The topological polar surface area (TPSA) is 116 Å². The van der Waals surface area contributed by atoms with E-state index in [2.05, 4.69) is 15.9 Å². The minimum atomic E-state index is -0.641. The molecule has 3 aromatic carbocycles. The Hall–Kier alpha value is -3.67. The lowest BCUT2D eigenvalue weighted by atomic mass is 10.1. The number of halogens is 2. The predicted octanol–water partition coefficient (Wildman–Crippen LogP) is 6.87. The Kier molecular flexibility index (Phi) is 8.50. The van der Waals surface area contributed by atoms with Crippen molar-refractivity contribution in [3.05, 3.63) is 102 Å². The van der Waals surface area contributed by atoms with Gasteiger partial charge in [0.2, 0.25) is 0 Å². The van der Waals surface area contributed by atoms with Crippen LogP contribution >= 0.6 is 39.3 Å². The molecule has 2 amide bonds. The summed E-state index contributed by atoms with van der Waals surface area (Å²) in [6, 6.07) is 15.4. The van der Waals surface area contributed by atoms with Crippen LogP contribution in [0.2, 0.25) is 5.02 Å². The van der Waals surface area contributed by atoms with Crippen LogP contribution < -0.4 is 9.47 Å². The van der Waals surface area contributed by atoms with Gasteiger partial charge in [-0.15, -0.1) is 0 Å². The number of nitro benzene ring substituents is 1. The number of hydrogen-bond acceptors (Lipinski definition) is 8. The van der Waals surface area contributed by atoms with Crippen LogP contribution in [0.1, 0.15) is 28.4 Å². The number of thioether (sulfide) groups is 1. The molecule has 0 aliphatic carbocycles. The Bertz CT molecular complexity index is 1490. The smallest absolute Gasteiger partial charge is 0.343 e. The molecule has 1 saturated heterocycles. The standard InChI is InChI=1S/C26H18BrClN2O7S/c1-2-36-21-11-15(10-19(27)23(21)37-25(32)16-7-5-8-18(28)13-16)12-22-24(31)29(26(33)38-22)14-17-6-3-4-9-20(17)30(34)35/h3-13H,2,14H2,1H3/b22-12-. The van der Waals surface area contributed by atoms with Gasteiger partial charge in [-0.2, -0.15) is 0 Å². The third-order valence-electron chi connectivity index (χ3n) is 5.27. The van der Waals surface area contributed by atoms with Gasteiger partial charge in [-0.05, 0) is 76.6 Å². The molecule has 4 rings (SSSR count). The van der Waals surface area contributed by atoms with Crippen LogP contribution in [0.4, 0.5) is 10.5 Å². The van der Waals surface area contributed by atoms with E-state index in [1.165, 1.54) is 30.3 Å². The number of carbonyl (C=O) groups is 3. The van der Waals surface area contributed by atoms with Gasteiger partial charge in [0, 0.05) is 16.7 Å². The molecule has 0 saturated carbocycles. The molecule has 0 spiro atoms. The maximum atomic E-state index is 13.0. The van der Waals surface area contributed by atoms with Crippen molar-refractivity contribution in [2.75, 3.05) is 6.61 Å². The van der Waals surface area contributed by atoms with E-state index in [1.54, 1.807) is 43.3 Å². The first-order valence-electron chi connectivity index (χ1n) is 11.1. The molecular formula is C26H18BrClN2O7S. The highest BCUT2D eigenvalue weighted by atomic mass is 79.9. The first-order chi connectivity index (χ1) is 18.2. The molecule has 38 heavy (non-hydrogen) atoms. The summed E-state index contributed by atoms with van der Waals surface area (Å²) < 4.78 is 11.6. The molecule has 1 heterocycles. The van der Waals surface area contributed by atoms with Gasteiger partial charge >= 0.3 is 5.97 Å². The Balaban J connectivity index is 1.60. The van der Waals surface area contributed by atoms with Gasteiger partial charge in [0.05, 0.1) is 33.0 Å². The molecule has 12 heteroatoms. The minimum Gasteiger partial charge on any atom is -0.490 e. The first-order valence-corrected chi connectivity index (χ1v) is 13.1. The van der Waals surface area contributed by atoms with Crippen molar-refractivity contribution >= 4 is 68.2 Å². The molecule has 1 fully saturated rings. The number of imide groups is 1. The highest BCUT2D eigenvalue weighted by molar-refractivity contribution is 9.10. The van der Waals surface area contributed by atoms with Crippen molar-refractivity contribution in [1.82, 2.24) is 4.90 Å². The number of amides is 2. The number of para-hydroxylation sites is 1. The number of carbonyl (C=O) groups excluding carboxylic acids is 3. The third kappa shape index (κ3) is 6.07. The van der Waals surface area contributed by atoms with Crippen molar-refractivity contribution in [2.24, 2.45) is 0 Å². The molecule has 9 nitrogen and oxygen atoms in total. The Labute approximate surface area is 234 Å². The van der Waals surface area contributed by atoms with Crippen LogP contribution in [0.25, 0.3) is 6.08 Å². The molecule has 0 atom stereocenters. The van der Waals surface area contributed by atoms with Crippen LogP contribution in [-0.4, -0.2) is 33.5 Å². The Morgan fingerprint density at radius 2 is 1.92 bits per heavy atom. The van der Waals surface area contributed by atoms with Gasteiger partial charge in [0.1, 0.15) is 0 Å². The Morgan fingerprint density at radius 3 is 2.63 bits per heavy atom. The SMILES string of the molecule is CCOc1cc(/C=C2\SC(=O)N(Cc3ccccc3[N+](=O)[O-])C2=O)cc(Br)c1OC(=O)c1cccc(Cl)c1. The number of benzene rings is 3. The largest absolute Gasteiger partial charge is 0.490 e. The zero-order valence-corrected chi connectivity index (χ0v) is 22.8. The van der Waals surface area contributed by atoms with E-state index in [4.69, 9.17) is 21.1 Å². The fourth-order valence-corrected chi connectivity index (χ4v) is 5.15. The number of esters is 1. The van der Waals surface area contributed by atoms with E-state index >= 15 is 0 Å². The molecule has 1 aliphatic heterocycles. The average molecular weight is 618 g/mol. The second-order valence-electron chi connectivity index (χ2n) is 7.82. The molecule has 0 aromatic heterocycles. The molecule has 0 unspecified atom stereocenters. The monoisotopic (exact) mass is 616 g/mol. The summed E-state index contributed by atoms with van der Waals surface area (Å²) in [5, 5.41) is 11.2. The zero-order chi connectivity index (χ0) is 27.4. The summed E-state index contributed by atoms with van der Waals surface area (Å²) in [4.78, 5) is 50.1. The Morgan fingerprint density at radius 1 is 1.16 bits per heavy atom. The molecule has 1 aliphatic rings. The number of hydrogen-bond donors (Lipinski definition) is 0. The van der Waals surface area contributed by atoms with E-state index in [1.807, 2.05) is 0 Å². The van der Waals surface area contributed by atoms with Crippen LogP contribution in [0.5, 0.6) is 11.5 Å². The van der Waals surface area contributed by atoms with E-state index < -0.39 is 22.0 Å². The quantitative estimate of drug-likeness (QED) is 0.0885. The van der Waals surface area contributed by atoms with Gasteiger partial charge in [0.25, 0.3) is 16.8 Å². The van der Waals surface area contributed by atoms with Gasteiger partial charge < -0.3 is 9.47 Å².